The lowest BCUT2D eigenvalue weighted by Crippen LogP contribution is -2.13. The fraction of sp³-hybridized carbons (Fsp3) is 0.0769. The molecular weight excluding hydrogens is 368 g/mol. The van der Waals surface area contributed by atoms with Crippen LogP contribution in [0.2, 0.25) is 10.0 Å². The van der Waals surface area contributed by atoms with Crippen LogP contribution in [0, 0.1) is 3.57 Å². The molecule has 0 saturated heterocycles. The van der Waals surface area contributed by atoms with Crippen LogP contribution in [0.5, 0.6) is 0 Å². The predicted molar refractivity (Wildman–Crippen MR) is 81.7 cm³/mol. The molecule has 0 aliphatic heterocycles. The maximum absolute atomic E-state index is 6.24. The highest BCUT2D eigenvalue weighted by atomic mass is 127. The fourth-order valence-electron chi connectivity index (χ4n) is 1.65. The quantitative estimate of drug-likeness (QED) is 0.757. The van der Waals surface area contributed by atoms with Crippen LogP contribution in [0.4, 0.5) is 0 Å². The second-order valence-electron chi connectivity index (χ2n) is 3.67. The molecule has 0 radical (unpaired) electrons. The van der Waals surface area contributed by atoms with E-state index in [1.807, 2.05) is 30.3 Å². The van der Waals surface area contributed by atoms with Crippen LogP contribution in [-0.4, -0.2) is 0 Å². The first-order chi connectivity index (χ1) is 8.09. The summed E-state index contributed by atoms with van der Waals surface area (Å²) in [5, 5.41) is 1.22. The summed E-state index contributed by atoms with van der Waals surface area (Å²) >= 11 is 14.3. The molecule has 0 spiro atoms. The first-order valence-corrected chi connectivity index (χ1v) is 6.88. The van der Waals surface area contributed by atoms with Gasteiger partial charge in [-0.1, -0.05) is 47.5 Å². The van der Waals surface area contributed by atoms with Crippen molar-refractivity contribution in [3.8, 4) is 0 Å². The lowest BCUT2D eigenvalue weighted by molar-refractivity contribution is 0.865. The molecule has 0 fully saturated rings. The third kappa shape index (κ3) is 2.94. The molecule has 2 aromatic carbocycles. The van der Waals surface area contributed by atoms with E-state index >= 15 is 0 Å². The molecule has 1 nitrogen and oxygen atoms in total. The Morgan fingerprint density at radius 3 is 2.35 bits per heavy atom. The van der Waals surface area contributed by atoms with Crippen LogP contribution in [-0.2, 0) is 0 Å². The largest absolute Gasteiger partial charge is 0.320 e. The van der Waals surface area contributed by atoms with Crippen molar-refractivity contribution in [2.45, 2.75) is 6.04 Å². The van der Waals surface area contributed by atoms with E-state index in [0.29, 0.717) is 10.0 Å². The lowest BCUT2D eigenvalue weighted by Gasteiger charge is -2.15. The molecule has 4 heteroatoms. The third-order valence-corrected chi connectivity index (χ3v) is 4.08. The maximum Gasteiger partial charge on any atom is 0.0576 e. The van der Waals surface area contributed by atoms with Crippen molar-refractivity contribution in [3.63, 3.8) is 0 Å². The Hall–Kier alpha value is -0.290. The number of hydrogen-bond donors (Lipinski definition) is 1. The number of halogens is 3. The molecule has 0 saturated carbocycles. The van der Waals surface area contributed by atoms with Gasteiger partial charge in [-0.05, 0) is 51.9 Å². The van der Waals surface area contributed by atoms with Gasteiger partial charge in [0.1, 0.15) is 0 Å². The van der Waals surface area contributed by atoms with Gasteiger partial charge in [-0.25, -0.2) is 0 Å². The van der Waals surface area contributed by atoms with E-state index in [1.54, 1.807) is 12.1 Å². The number of nitrogens with two attached hydrogens (primary N) is 1. The van der Waals surface area contributed by atoms with Gasteiger partial charge in [0.2, 0.25) is 0 Å². The van der Waals surface area contributed by atoms with Crippen molar-refractivity contribution in [1.82, 2.24) is 0 Å². The molecular formula is C13H10Cl2IN. The van der Waals surface area contributed by atoms with E-state index < -0.39 is 0 Å². The smallest absolute Gasteiger partial charge is 0.0576 e. The second kappa shape index (κ2) is 5.57. The number of benzene rings is 2. The summed E-state index contributed by atoms with van der Waals surface area (Å²) in [6.07, 6.45) is 0. The average molecular weight is 378 g/mol. The third-order valence-electron chi connectivity index (χ3n) is 2.54. The van der Waals surface area contributed by atoms with Gasteiger partial charge in [-0.15, -0.1) is 0 Å². The Labute approximate surface area is 124 Å². The zero-order valence-corrected chi connectivity index (χ0v) is 12.5. The molecule has 2 rings (SSSR count). The highest BCUT2D eigenvalue weighted by Crippen LogP contribution is 2.30. The Morgan fingerprint density at radius 1 is 1.00 bits per heavy atom. The highest BCUT2D eigenvalue weighted by molar-refractivity contribution is 14.1. The topological polar surface area (TPSA) is 26.0 Å². The Bertz CT molecular complexity index is 543. The Kier molecular flexibility index (Phi) is 4.31. The van der Waals surface area contributed by atoms with E-state index in [0.717, 1.165) is 14.7 Å². The predicted octanol–water partition coefficient (Wildman–Crippen LogP) is 4.65. The molecule has 0 aliphatic carbocycles. The molecule has 0 amide bonds. The van der Waals surface area contributed by atoms with Crippen molar-refractivity contribution in [1.29, 1.82) is 0 Å². The van der Waals surface area contributed by atoms with Gasteiger partial charge in [-0.3, -0.25) is 0 Å². The van der Waals surface area contributed by atoms with Crippen LogP contribution in [0.3, 0.4) is 0 Å². The summed E-state index contributed by atoms with van der Waals surface area (Å²) < 4.78 is 1.13. The maximum atomic E-state index is 6.24. The summed E-state index contributed by atoms with van der Waals surface area (Å²) in [4.78, 5) is 0. The molecule has 2 N–H and O–H groups in total. The highest BCUT2D eigenvalue weighted by Gasteiger charge is 2.14. The first kappa shape index (κ1) is 13.1. The van der Waals surface area contributed by atoms with Gasteiger partial charge in [0, 0.05) is 13.6 Å². The fourth-order valence-corrected chi connectivity index (χ4v) is 2.90. The van der Waals surface area contributed by atoms with Crippen molar-refractivity contribution in [2.75, 3.05) is 0 Å². The van der Waals surface area contributed by atoms with Crippen molar-refractivity contribution < 1.29 is 0 Å². The Balaban J connectivity index is 2.44. The van der Waals surface area contributed by atoms with Crippen LogP contribution in [0.15, 0.2) is 42.5 Å². The van der Waals surface area contributed by atoms with E-state index in [4.69, 9.17) is 28.9 Å². The van der Waals surface area contributed by atoms with Crippen LogP contribution in [0.25, 0.3) is 0 Å². The van der Waals surface area contributed by atoms with Gasteiger partial charge >= 0.3 is 0 Å². The Morgan fingerprint density at radius 2 is 1.71 bits per heavy atom. The van der Waals surface area contributed by atoms with E-state index in [-0.39, 0.29) is 6.04 Å². The minimum atomic E-state index is -0.229. The molecule has 0 aliphatic rings. The number of hydrogen-bond acceptors (Lipinski definition) is 1. The molecule has 17 heavy (non-hydrogen) atoms. The number of rotatable bonds is 2. The molecule has 1 atom stereocenters. The molecule has 0 aromatic heterocycles. The minimum absolute atomic E-state index is 0.229. The van der Waals surface area contributed by atoms with E-state index in [1.165, 1.54) is 0 Å². The summed E-state index contributed by atoms with van der Waals surface area (Å²) in [5.41, 5.74) is 8.19. The summed E-state index contributed by atoms with van der Waals surface area (Å²) in [7, 11) is 0. The summed E-state index contributed by atoms with van der Waals surface area (Å²) in [6, 6.07) is 13.2. The standard InChI is InChI=1S/C13H10Cl2IN/c14-8-5-6-9(11(15)7-8)13(17)10-3-1-2-4-12(10)16/h1-7,13H,17H2. The van der Waals surface area contributed by atoms with Crippen molar-refractivity contribution >= 4 is 45.8 Å². The van der Waals surface area contributed by atoms with Gasteiger partial charge < -0.3 is 5.73 Å². The first-order valence-electron chi connectivity index (χ1n) is 5.04. The normalized spacial score (nSPS) is 12.5. The SMILES string of the molecule is NC(c1ccc(Cl)cc1Cl)c1ccccc1I. The van der Waals surface area contributed by atoms with E-state index in [2.05, 4.69) is 22.6 Å². The molecule has 1 unspecified atom stereocenters. The summed E-state index contributed by atoms with van der Waals surface area (Å²) in [6.45, 7) is 0. The van der Waals surface area contributed by atoms with Gasteiger partial charge in [0.25, 0.3) is 0 Å². The van der Waals surface area contributed by atoms with Crippen molar-refractivity contribution in [2.24, 2.45) is 5.73 Å². The molecule has 0 bridgehead atoms. The zero-order chi connectivity index (χ0) is 12.4. The molecule has 0 heterocycles. The van der Waals surface area contributed by atoms with Gasteiger partial charge in [0.05, 0.1) is 6.04 Å². The minimum Gasteiger partial charge on any atom is -0.320 e. The molecule has 2 aromatic rings. The lowest BCUT2D eigenvalue weighted by atomic mass is 10.00. The van der Waals surface area contributed by atoms with Gasteiger partial charge in [0.15, 0.2) is 0 Å². The van der Waals surface area contributed by atoms with Crippen LogP contribution < -0.4 is 5.73 Å². The van der Waals surface area contributed by atoms with Crippen LogP contribution >= 0.6 is 45.8 Å². The average Bonchev–Trinajstić information content (AvgIpc) is 2.29. The van der Waals surface area contributed by atoms with Crippen molar-refractivity contribution in [3.05, 3.63) is 67.2 Å². The molecule has 88 valence electrons. The monoisotopic (exact) mass is 377 g/mol. The zero-order valence-electron chi connectivity index (χ0n) is 8.83. The van der Waals surface area contributed by atoms with Crippen LogP contribution in [0.1, 0.15) is 17.2 Å². The van der Waals surface area contributed by atoms with E-state index in [9.17, 15) is 0 Å². The summed E-state index contributed by atoms with van der Waals surface area (Å²) in [5.74, 6) is 0. The second-order valence-corrected chi connectivity index (χ2v) is 5.67. The van der Waals surface area contributed by atoms with Gasteiger partial charge in [-0.2, -0.15) is 0 Å².